The molecule has 1 heterocycles. The Kier molecular flexibility index (Phi) is 6.76. The Morgan fingerprint density at radius 3 is 2.26 bits per heavy atom. The van der Waals surface area contributed by atoms with Gasteiger partial charge in [-0.1, -0.05) is 26.7 Å². The molecule has 0 N–H and O–H groups in total. The minimum atomic E-state index is -3.09. The molecular formula is C13H25N3O2S. The van der Waals surface area contributed by atoms with Crippen molar-refractivity contribution in [3.05, 3.63) is 0 Å². The van der Waals surface area contributed by atoms with Crippen LogP contribution in [0.3, 0.4) is 0 Å². The predicted molar refractivity (Wildman–Crippen MR) is 76.1 cm³/mol. The maximum Gasteiger partial charge on any atom is 0.214 e. The lowest BCUT2D eigenvalue weighted by Crippen LogP contribution is -2.52. The van der Waals surface area contributed by atoms with Crippen molar-refractivity contribution in [2.24, 2.45) is 0 Å². The first-order valence-electron chi connectivity index (χ1n) is 7.16. The van der Waals surface area contributed by atoms with Gasteiger partial charge in [-0.2, -0.15) is 9.57 Å². The zero-order valence-electron chi connectivity index (χ0n) is 12.0. The second kappa shape index (κ2) is 7.83. The first-order chi connectivity index (χ1) is 9.05. The van der Waals surface area contributed by atoms with Gasteiger partial charge in [-0.3, -0.25) is 4.90 Å². The molecule has 6 heteroatoms. The van der Waals surface area contributed by atoms with Crippen molar-refractivity contribution in [1.82, 2.24) is 9.21 Å². The van der Waals surface area contributed by atoms with E-state index in [2.05, 4.69) is 17.9 Å². The lowest BCUT2D eigenvalue weighted by molar-refractivity contribution is 0.156. The molecule has 0 aromatic rings. The van der Waals surface area contributed by atoms with Gasteiger partial charge < -0.3 is 0 Å². The third-order valence-electron chi connectivity index (χ3n) is 3.57. The molecule has 1 rings (SSSR count). The normalized spacial score (nSPS) is 20.1. The van der Waals surface area contributed by atoms with Crippen LogP contribution >= 0.6 is 0 Å². The molecule has 1 aliphatic rings. The molecule has 1 unspecified atom stereocenters. The number of nitriles is 1. The summed E-state index contributed by atoms with van der Waals surface area (Å²) in [5, 5.41) is 9.13. The number of unbranched alkanes of at least 4 members (excludes halogenated alkanes) is 1. The summed E-state index contributed by atoms with van der Waals surface area (Å²) >= 11 is 0. The number of hydrogen-bond acceptors (Lipinski definition) is 4. The monoisotopic (exact) mass is 287 g/mol. The van der Waals surface area contributed by atoms with Crippen molar-refractivity contribution in [2.45, 2.75) is 45.6 Å². The summed E-state index contributed by atoms with van der Waals surface area (Å²) in [5.41, 5.74) is 0. The Hall–Kier alpha value is -0.640. The summed E-state index contributed by atoms with van der Waals surface area (Å²) in [7, 11) is -3.09. The molecule has 0 amide bonds. The molecule has 1 atom stereocenters. The quantitative estimate of drug-likeness (QED) is 0.710. The van der Waals surface area contributed by atoms with Crippen LogP contribution < -0.4 is 0 Å². The maximum atomic E-state index is 12.1. The number of piperazine rings is 1. The highest BCUT2D eigenvalue weighted by atomic mass is 32.2. The topological polar surface area (TPSA) is 64.4 Å². The van der Waals surface area contributed by atoms with Crippen LogP contribution in [0.25, 0.3) is 0 Å². The average Bonchev–Trinajstić information content (AvgIpc) is 2.43. The zero-order valence-corrected chi connectivity index (χ0v) is 12.8. The molecule has 0 bridgehead atoms. The van der Waals surface area contributed by atoms with Gasteiger partial charge in [0.2, 0.25) is 10.0 Å². The standard InChI is InChI=1S/C13H25N3O2S/c1-3-5-11-19(17,18)16-9-7-15(8-10-16)13(12-14)6-4-2/h13H,3-11H2,1-2H3. The summed E-state index contributed by atoms with van der Waals surface area (Å²) in [6.07, 6.45) is 3.46. The molecule has 0 aromatic heterocycles. The number of rotatable bonds is 7. The molecule has 110 valence electrons. The van der Waals surface area contributed by atoms with E-state index in [0.29, 0.717) is 26.2 Å². The minimum absolute atomic E-state index is 0.0644. The zero-order chi connectivity index (χ0) is 14.3. The van der Waals surface area contributed by atoms with E-state index in [1.54, 1.807) is 4.31 Å². The van der Waals surface area contributed by atoms with Crippen LogP contribution in [-0.2, 0) is 10.0 Å². The second-order valence-corrected chi connectivity index (χ2v) is 7.13. The van der Waals surface area contributed by atoms with Crippen LogP contribution in [0.1, 0.15) is 39.5 Å². The van der Waals surface area contributed by atoms with Crippen LogP contribution in [0.2, 0.25) is 0 Å². The van der Waals surface area contributed by atoms with Crippen molar-refractivity contribution in [2.75, 3.05) is 31.9 Å². The fraction of sp³-hybridized carbons (Fsp3) is 0.923. The highest BCUT2D eigenvalue weighted by Gasteiger charge is 2.29. The molecule has 0 spiro atoms. The smallest absolute Gasteiger partial charge is 0.214 e. The van der Waals surface area contributed by atoms with Gasteiger partial charge in [-0.05, 0) is 12.8 Å². The Morgan fingerprint density at radius 1 is 1.16 bits per heavy atom. The van der Waals surface area contributed by atoms with Gasteiger partial charge in [0.1, 0.15) is 0 Å². The molecule has 0 radical (unpaired) electrons. The molecule has 0 aromatic carbocycles. The van der Waals surface area contributed by atoms with E-state index in [9.17, 15) is 8.42 Å². The molecule has 19 heavy (non-hydrogen) atoms. The van der Waals surface area contributed by atoms with Gasteiger partial charge in [0.15, 0.2) is 0 Å². The molecule has 0 saturated carbocycles. The highest BCUT2D eigenvalue weighted by Crippen LogP contribution is 2.14. The van der Waals surface area contributed by atoms with E-state index in [-0.39, 0.29) is 11.8 Å². The van der Waals surface area contributed by atoms with Crippen molar-refractivity contribution >= 4 is 10.0 Å². The summed E-state index contributed by atoms with van der Waals surface area (Å²) in [6.45, 7) is 6.45. The largest absolute Gasteiger partial charge is 0.285 e. The minimum Gasteiger partial charge on any atom is -0.285 e. The van der Waals surface area contributed by atoms with Crippen molar-refractivity contribution in [1.29, 1.82) is 5.26 Å². The van der Waals surface area contributed by atoms with E-state index >= 15 is 0 Å². The number of nitrogens with zero attached hydrogens (tertiary/aromatic N) is 3. The summed E-state index contributed by atoms with van der Waals surface area (Å²) in [5.74, 6) is 0.250. The van der Waals surface area contributed by atoms with E-state index in [0.717, 1.165) is 25.7 Å². The first kappa shape index (κ1) is 16.4. The van der Waals surface area contributed by atoms with Gasteiger partial charge in [0, 0.05) is 26.2 Å². The van der Waals surface area contributed by atoms with Gasteiger partial charge in [0.05, 0.1) is 17.9 Å². The lowest BCUT2D eigenvalue weighted by atomic mass is 10.1. The fourth-order valence-electron chi connectivity index (χ4n) is 2.35. The van der Waals surface area contributed by atoms with Crippen molar-refractivity contribution < 1.29 is 8.42 Å². The SMILES string of the molecule is CCCCS(=O)(=O)N1CCN(C(C#N)CCC)CC1. The summed E-state index contributed by atoms with van der Waals surface area (Å²) in [6, 6.07) is 2.25. The average molecular weight is 287 g/mol. The van der Waals surface area contributed by atoms with Gasteiger partial charge in [0.25, 0.3) is 0 Å². The van der Waals surface area contributed by atoms with Crippen LogP contribution in [0.5, 0.6) is 0 Å². The molecule has 5 nitrogen and oxygen atoms in total. The van der Waals surface area contributed by atoms with E-state index in [1.165, 1.54) is 0 Å². The molecular weight excluding hydrogens is 262 g/mol. The summed E-state index contributed by atoms with van der Waals surface area (Å²) in [4.78, 5) is 2.11. The van der Waals surface area contributed by atoms with Crippen molar-refractivity contribution in [3.63, 3.8) is 0 Å². The maximum absolute atomic E-state index is 12.1. The van der Waals surface area contributed by atoms with E-state index in [4.69, 9.17) is 5.26 Å². The Bertz CT molecular complexity index is 395. The third-order valence-corrected chi connectivity index (χ3v) is 5.53. The molecule has 0 aliphatic carbocycles. The Balaban J connectivity index is 2.51. The van der Waals surface area contributed by atoms with Crippen LogP contribution in [0.15, 0.2) is 0 Å². The van der Waals surface area contributed by atoms with Gasteiger partial charge in [-0.15, -0.1) is 0 Å². The first-order valence-corrected chi connectivity index (χ1v) is 8.77. The molecule has 1 saturated heterocycles. The van der Waals surface area contributed by atoms with Crippen molar-refractivity contribution in [3.8, 4) is 6.07 Å². The predicted octanol–water partition coefficient (Wildman–Crippen LogP) is 1.43. The molecule has 1 fully saturated rings. The third kappa shape index (κ3) is 4.75. The van der Waals surface area contributed by atoms with Crippen LogP contribution in [-0.4, -0.2) is 55.6 Å². The Morgan fingerprint density at radius 2 is 1.79 bits per heavy atom. The van der Waals surface area contributed by atoms with Gasteiger partial charge >= 0.3 is 0 Å². The van der Waals surface area contributed by atoms with Crippen LogP contribution in [0, 0.1) is 11.3 Å². The second-order valence-electron chi connectivity index (χ2n) is 5.04. The van der Waals surface area contributed by atoms with Gasteiger partial charge in [-0.25, -0.2) is 8.42 Å². The van der Waals surface area contributed by atoms with E-state index in [1.807, 2.05) is 6.92 Å². The summed E-state index contributed by atoms with van der Waals surface area (Å²) < 4.78 is 25.7. The fourth-order valence-corrected chi connectivity index (χ4v) is 3.98. The van der Waals surface area contributed by atoms with Crippen LogP contribution in [0.4, 0.5) is 0 Å². The van der Waals surface area contributed by atoms with E-state index < -0.39 is 10.0 Å². The highest BCUT2D eigenvalue weighted by molar-refractivity contribution is 7.89. The number of sulfonamides is 1. The Labute approximate surface area is 117 Å². The number of hydrogen-bond donors (Lipinski definition) is 0. The molecule has 1 aliphatic heterocycles. The lowest BCUT2D eigenvalue weighted by Gasteiger charge is -2.36.